The van der Waals surface area contributed by atoms with Crippen LogP contribution in [0.15, 0.2) is 27.8 Å². The normalized spacial score (nSPS) is 17.6. The lowest BCUT2D eigenvalue weighted by Gasteiger charge is -2.29. The Labute approximate surface area is 115 Å². The first-order chi connectivity index (χ1) is 9.56. The Kier molecular flexibility index (Phi) is 3.10. The Morgan fingerprint density at radius 1 is 1.25 bits per heavy atom. The number of piperidine rings is 1. The molecule has 0 radical (unpaired) electrons. The van der Waals surface area contributed by atoms with Crippen LogP contribution in [0, 0.1) is 0 Å². The molecule has 0 bridgehead atoms. The van der Waals surface area contributed by atoms with Crippen LogP contribution in [0.1, 0.15) is 18.9 Å². The maximum absolute atomic E-state index is 12.5. The zero-order chi connectivity index (χ0) is 14.3. The van der Waals surface area contributed by atoms with E-state index in [-0.39, 0.29) is 17.4 Å². The second-order valence-electron chi connectivity index (χ2n) is 5.37. The fourth-order valence-corrected chi connectivity index (χ4v) is 2.80. The fourth-order valence-electron chi connectivity index (χ4n) is 2.80. The molecule has 3 rings (SSSR count). The van der Waals surface area contributed by atoms with Crippen molar-refractivity contribution in [3.8, 4) is 5.75 Å². The van der Waals surface area contributed by atoms with Gasteiger partial charge in [-0.25, -0.2) is 4.79 Å². The van der Waals surface area contributed by atoms with Gasteiger partial charge >= 0.3 is 5.69 Å². The lowest BCUT2D eigenvalue weighted by atomic mass is 10.1. The van der Waals surface area contributed by atoms with E-state index in [1.165, 1.54) is 16.7 Å². The van der Waals surface area contributed by atoms with Crippen LogP contribution < -0.4 is 11.2 Å². The van der Waals surface area contributed by atoms with E-state index in [0.717, 1.165) is 25.9 Å². The molecule has 20 heavy (non-hydrogen) atoms. The molecule has 2 N–H and O–H groups in total. The van der Waals surface area contributed by atoms with Crippen LogP contribution in [-0.4, -0.2) is 39.7 Å². The molecule has 0 spiro atoms. The molecule has 2 aromatic rings. The van der Waals surface area contributed by atoms with Crippen molar-refractivity contribution < 1.29 is 5.11 Å². The molecule has 6 nitrogen and oxygen atoms in total. The van der Waals surface area contributed by atoms with E-state index in [1.54, 1.807) is 6.07 Å². The van der Waals surface area contributed by atoms with Crippen LogP contribution in [0.3, 0.4) is 0 Å². The summed E-state index contributed by atoms with van der Waals surface area (Å²) in [5.74, 6) is 0.0320. The largest absolute Gasteiger partial charge is 0.508 e. The van der Waals surface area contributed by atoms with Gasteiger partial charge in [-0.2, -0.15) is 0 Å². The number of nitrogens with one attached hydrogen (secondary N) is 1. The zero-order valence-electron chi connectivity index (χ0n) is 11.3. The number of H-pyrrole nitrogens is 1. The topological polar surface area (TPSA) is 78.3 Å². The van der Waals surface area contributed by atoms with Gasteiger partial charge in [0.15, 0.2) is 0 Å². The first-order valence-electron chi connectivity index (χ1n) is 6.72. The van der Waals surface area contributed by atoms with Gasteiger partial charge in [0.25, 0.3) is 5.56 Å². The third kappa shape index (κ3) is 2.12. The minimum atomic E-state index is -0.400. The van der Waals surface area contributed by atoms with Crippen molar-refractivity contribution in [2.45, 2.75) is 18.9 Å². The number of rotatable bonds is 1. The summed E-state index contributed by atoms with van der Waals surface area (Å²) in [5.41, 5.74) is -0.301. The van der Waals surface area contributed by atoms with Gasteiger partial charge in [0.1, 0.15) is 5.75 Å². The van der Waals surface area contributed by atoms with Crippen LogP contribution >= 0.6 is 0 Å². The molecule has 0 saturated carbocycles. The molecule has 1 aliphatic rings. The molecule has 0 atom stereocenters. The summed E-state index contributed by atoms with van der Waals surface area (Å²) in [6.45, 7) is 1.76. The third-order valence-corrected chi connectivity index (χ3v) is 3.97. The number of likely N-dealkylation sites (tertiary alicyclic amines) is 1. The summed E-state index contributed by atoms with van der Waals surface area (Å²) in [7, 11) is 2.03. The van der Waals surface area contributed by atoms with Crippen LogP contribution in [0.5, 0.6) is 5.75 Å². The van der Waals surface area contributed by atoms with E-state index in [1.807, 2.05) is 7.05 Å². The first kappa shape index (κ1) is 12.9. The van der Waals surface area contributed by atoms with Crippen molar-refractivity contribution in [1.82, 2.24) is 14.5 Å². The van der Waals surface area contributed by atoms with E-state index in [2.05, 4.69) is 9.88 Å². The smallest absolute Gasteiger partial charge is 0.329 e. The maximum Gasteiger partial charge on any atom is 0.329 e. The van der Waals surface area contributed by atoms with E-state index in [4.69, 9.17) is 0 Å². The molecule has 1 aromatic carbocycles. The summed E-state index contributed by atoms with van der Waals surface area (Å²) in [6, 6.07) is 4.35. The van der Waals surface area contributed by atoms with Crippen molar-refractivity contribution in [2.75, 3.05) is 20.1 Å². The Morgan fingerprint density at radius 3 is 2.65 bits per heavy atom. The summed E-state index contributed by atoms with van der Waals surface area (Å²) < 4.78 is 1.33. The van der Waals surface area contributed by atoms with Gasteiger partial charge in [0.05, 0.1) is 10.9 Å². The SMILES string of the molecule is CN1CCC(n2c(=O)[nH]c3cc(O)ccc3c2=O)CC1. The van der Waals surface area contributed by atoms with Gasteiger partial charge in [0, 0.05) is 12.1 Å². The number of phenols is 1. The predicted octanol–water partition coefficient (Wildman–Crippen LogP) is 0.662. The number of aromatic nitrogens is 2. The van der Waals surface area contributed by atoms with Gasteiger partial charge in [-0.15, -0.1) is 0 Å². The highest BCUT2D eigenvalue weighted by atomic mass is 16.3. The standard InChI is InChI=1S/C14H17N3O3/c1-16-6-4-9(5-7-16)17-13(19)11-3-2-10(18)8-12(11)15-14(17)20/h2-3,8-9,18H,4-7H2,1H3,(H,15,20). The lowest BCUT2D eigenvalue weighted by molar-refractivity contribution is 0.216. The van der Waals surface area contributed by atoms with Crippen molar-refractivity contribution in [1.29, 1.82) is 0 Å². The molecule has 0 aliphatic carbocycles. The molecule has 1 aliphatic heterocycles. The van der Waals surface area contributed by atoms with Crippen LogP contribution in [0.4, 0.5) is 0 Å². The minimum absolute atomic E-state index is 0.0320. The molecule has 2 heterocycles. The van der Waals surface area contributed by atoms with Crippen molar-refractivity contribution in [3.05, 3.63) is 39.0 Å². The average Bonchev–Trinajstić information content (AvgIpc) is 2.40. The summed E-state index contributed by atoms with van der Waals surface area (Å²) in [5, 5.41) is 9.85. The highest BCUT2D eigenvalue weighted by Crippen LogP contribution is 2.20. The van der Waals surface area contributed by atoms with Gasteiger partial charge in [-0.05, 0) is 45.1 Å². The van der Waals surface area contributed by atoms with Crippen molar-refractivity contribution in [3.63, 3.8) is 0 Å². The number of aromatic hydroxyl groups is 1. The number of hydrogen-bond acceptors (Lipinski definition) is 4. The fraction of sp³-hybridized carbons (Fsp3) is 0.429. The third-order valence-electron chi connectivity index (χ3n) is 3.97. The maximum atomic E-state index is 12.5. The molecule has 0 unspecified atom stereocenters. The monoisotopic (exact) mass is 275 g/mol. The van der Waals surface area contributed by atoms with Gasteiger partial charge in [0.2, 0.25) is 0 Å². The Morgan fingerprint density at radius 2 is 1.95 bits per heavy atom. The highest BCUT2D eigenvalue weighted by molar-refractivity contribution is 5.78. The predicted molar refractivity (Wildman–Crippen MR) is 76.3 cm³/mol. The summed E-state index contributed by atoms with van der Waals surface area (Å²) in [6.07, 6.45) is 1.59. The van der Waals surface area contributed by atoms with Crippen molar-refractivity contribution >= 4 is 10.9 Å². The number of fused-ring (bicyclic) bond motifs is 1. The van der Waals surface area contributed by atoms with Crippen LogP contribution in [0.2, 0.25) is 0 Å². The Hall–Kier alpha value is -2.08. The molecular weight excluding hydrogens is 258 g/mol. The van der Waals surface area contributed by atoms with E-state index < -0.39 is 5.69 Å². The Balaban J connectivity index is 2.14. The highest BCUT2D eigenvalue weighted by Gasteiger charge is 2.22. The lowest BCUT2D eigenvalue weighted by Crippen LogP contribution is -2.42. The Bertz CT molecular complexity index is 754. The van der Waals surface area contributed by atoms with Gasteiger partial charge in [-0.1, -0.05) is 0 Å². The van der Waals surface area contributed by atoms with E-state index in [9.17, 15) is 14.7 Å². The van der Waals surface area contributed by atoms with Gasteiger partial charge in [-0.3, -0.25) is 9.36 Å². The number of phenolic OH excluding ortho intramolecular Hbond substituents is 1. The molecule has 6 heteroatoms. The number of hydrogen-bond donors (Lipinski definition) is 2. The molecule has 1 fully saturated rings. The number of nitrogens with zero attached hydrogens (tertiary/aromatic N) is 2. The second-order valence-corrected chi connectivity index (χ2v) is 5.37. The molecule has 1 aromatic heterocycles. The molecule has 106 valence electrons. The van der Waals surface area contributed by atoms with Gasteiger partial charge < -0.3 is 15.0 Å². The quantitative estimate of drug-likeness (QED) is 0.801. The number of benzene rings is 1. The average molecular weight is 275 g/mol. The van der Waals surface area contributed by atoms with E-state index >= 15 is 0 Å². The molecular formula is C14H17N3O3. The zero-order valence-corrected chi connectivity index (χ0v) is 11.3. The van der Waals surface area contributed by atoms with E-state index in [0.29, 0.717) is 10.9 Å². The van der Waals surface area contributed by atoms with Crippen LogP contribution in [0.25, 0.3) is 10.9 Å². The summed E-state index contributed by atoms with van der Waals surface area (Å²) in [4.78, 5) is 29.5. The minimum Gasteiger partial charge on any atom is -0.508 e. The molecule has 1 saturated heterocycles. The summed E-state index contributed by atoms with van der Waals surface area (Å²) >= 11 is 0. The number of aromatic amines is 1. The molecule has 0 amide bonds. The van der Waals surface area contributed by atoms with Crippen LogP contribution in [-0.2, 0) is 0 Å². The second kappa shape index (κ2) is 4.79. The first-order valence-corrected chi connectivity index (χ1v) is 6.72. The van der Waals surface area contributed by atoms with Crippen molar-refractivity contribution in [2.24, 2.45) is 0 Å².